The van der Waals surface area contributed by atoms with Gasteiger partial charge in [0.25, 0.3) is 0 Å². The van der Waals surface area contributed by atoms with Gasteiger partial charge in [0.15, 0.2) is 0 Å². The van der Waals surface area contributed by atoms with Crippen molar-refractivity contribution in [1.82, 2.24) is 0 Å². The molecule has 0 bridgehead atoms. The molecule has 0 N–H and O–H groups in total. The maximum atomic E-state index is 2.54. The van der Waals surface area contributed by atoms with Crippen molar-refractivity contribution < 1.29 is 0 Å². The fourth-order valence-corrected chi connectivity index (χ4v) is 7.53. The molecule has 0 radical (unpaired) electrons. The van der Waals surface area contributed by atoms with Crippen LogP contribution >= 0.6 is 0 Å². The van der Waals surface area contributed by atoms with Gasteiger partial charge in [-0.2, -0.15) is 0 Å². The molecule has 1 heteroatoms. The van der Waals surface area contributed by atoms with Crippen molar-refractivity contribution in [3.05, 3.63) is 190 Å². The van der Waals surface area contributed by atoms with E-state index < -0.39 is 0 Å². The molecule has 0 aromatic heterocycles. The maximum absolute atomic E-state index is 2.54. The molecule has 6 aliphatic carbocycles. The average Bonchev–Trinajstić information content (AvgIpc) is 3.09. The van der Waals surface area contributed by atoms with Gasteiger partial charge in [-0.3, -0.25) is 0 Å². The van der Waals surface area contributed by atoms with E-state index in [4.69, 9.17) is 0 Å². The van der Waals surface area contributed by atoms with Gasteiger partial charge in [0, 0.05) is 34.8 Å². The topological polar surface area (TPSA) is 3.24 Å². The van der Waals surface area contributed by atoms with Crippen LogP contribution in [0, 0.1) is 5.92 Å². The van der Waals surface area contributed by atoms with Gasteiger partial charge in [-0.05, 0) is 95.4 Å². The van der Waals surface area contributed by atoms with Gasteiger partial charge in [-0.15, -0.1) is 0 Å². The van der Waals surface area contributed by atoms with Crippen molar-refractivity contribution >= 4 is 11.8 Å². The summed E-state index contributed by atoms with van der Waals surface area (Å²) < 4.78 is 0. The van der Waals surface area contributed by atoms with Crippen LogP contribution in [0.3, 0.4) is 0 Å². The summed E-state index contributed by atoms with van der Waals surface area (Å²) in [5, 5.41) is 0. The van der Waals surface area contributed by atoms with Crippen LogP contribution in [0.15, 0.2) is 173 Å². The van der Waals surface area contributed by atoms with Gasteiger partial charge >= 0.3 is 0 Å². The Morgan fingerprint density at radius 2 is 1.49 bits per heavy atom. The van der Waals surface area contributed by atoms with E-state index in [1.54, 1.807) is 0 Å². The van der Waals surface area contributed by atoms with Crippen LogP contribution in [-0.2, 0) is 0 Å². The molecule has 2 aromatic carbocycles. The SMILES string of the molecule is C1=CCCC(C2=CC=CC(c3ccc(N(C4=CC=C5C=Cc6ccccc6C5C4)C4=CC=CC5CC=CC=C45)cc3)C2)=C1. The summed E-state index contributed by atoms with van der Waals surface area (Å²) in [6, 6.07) is 18.3. The van der Waals surface area contributed by atoms with E-state index in [0.29, 0.717) is 17.8 Å². The lowest BCUT2D eigenvalue weighted by Gasteiger charge is -2.38. The van der Waals surface area contributed by atoms with Gasteiger partial charge in [0.05, 0.1) is 0 Å². The van der Waals surface area contributed by atoms with Gasteiger partial charge in [-0.25, -0.2) is 0 Å². The number of fused-ring (bicyclic) bond motifs is 4. The summed E-state index contributed by atoms with van der Waals surface area (Å²) in [4.78, 5) is 2.54. The molecule has 210 valence electrons. The van der Waals surface area contributed by atoms with Crippen LogP contribution in [0.4, 0.5) is 5.69 Å². The summed E-state index contributed by atoms with van der Waals surface area (Å²) in [5.41, 5.74) is 13.9. The lowest BCUT2D eigenvalue weighted by atomic mass is 9.77. The standard InChI is InChI=1S/C42H37N/c1-2-10-30(11-3-1)35-15-8-16-36(28-35)31-22-25-37(26-23-31)43(42-19-9-14-32-12-5-7-18-40(32)42)38-27-24-34-21-20-33-13-4-6-17-39(33)41(34)29-38/h1-2,4-10,13-27,32,36,41H,3,11-12,28-29H2. The Bertz CT molecular complexity index is 1790. The van der Waals surface area contributed by atoms with Crippen molar-refractivity contribution in [2.45, 2.75) is 43.9 Å². The predicted molar refractivity (Wildman–Crippen MR) is 182 cm³/mol. The zero-order valence-electron chi connectivity index (χ0n) is 24.6. The quantitative estimate of drug-likeness (QED) is 0.355. The number of benzene rings is 2. The van der Waals surface area contributed by atoms with Crippen molar-refractivity contribution in [2.24, 2.45) is 5.92 Å². The van der Waals surface area contributed by atoms with Crippen LogP contribution in [0.2, 0.25) is 0 Å². The molecule has 0 heterocycles. The van der Waals surface area contributed by atoms with Gasteiger partial charge < -0.3 is 4.90 Å². The molecule has 0 saturated carbocycles. The van der Waals surface area contributed by atoms with Gasteiger partial charge in [-0.1, -0.05) is 121 Å². The molecule has 2 aromatic rings. The van der Waals surface area contributed by atoms with E-state index in [2.05, 4.69) is 151 Å². The Hall–Kier alpha value is -4.62. The number of allylic oxidation sites excluding steroid dienone is 20. The first-order chi connectivity index (χ1) is 21.3. The number of rotatable bonds is 5. The van der Waals surface area contributed by atoms with Crippen LogP contribution in [0.1, 0.15) is 60.6 Å². The minimum absolute atomic E-state index is 0.375. The number of hydrogen-bond acceptors (Lipinski definition) is 1. The summed E-state index contributed by atoms with van der Waals surface area (Å²) in [5.74, 6) is 1.22. The monoisotopic (exact) mass is 555 g/mol. The van der Waals surface area contributed by atoms with E-state index in [1.807, 2.05) is 0 Å². The van der Waals surface area contributed by atoms with Crippen molar-refractivity contribution in [3.63, 3.8) is 0 Å². The third-order valence-corrected chi connectivity index (χ3v) is 9.82. The molecule has 0 spiro atoms. The van der Waals surface area contributed by atoms with Crippen LogP contribution in [0.25, 0.3) is 6.08 Å². The molecule has 43 heavy (non-hydrogen) atoms. The third kappa shape index (κ3) is 4.93. The Labute approximate surface area is 256 Å². The second-order valence-electron chi connectivity index (χ2n) is 12.3. The molecule has 0 aliphatic heterocycles. The molecule has 3 unspecified atom stereocenters. The number of hydrogen-bond donors (Lipinski definition) is 0. The van der Waals surface area contributed by atoms with Crippen LogP contribution in [-0.4, -0.2) is 0 Å². The Balaban J connectivity index is 1.14. The van der Waals surface area contributed by atoms with E-state index in [-0.39, 0.29) is 0 Å². The molecule has 0 fully saturated rings. The summed E-state index contributed by atoms with van der Waals surface area (Å²) in [6.45, 7) is 0. The van der Waals surface area contributed by atoms with E-state index >= 15 is 0 Å². The molecule has 3 atom stereocenters. The van der Waals surface area contributed by atoms with Crippen molar-refractivity contribution in [3.8, 4) is 0 Å². The number of nitrogens with zero attached hydrogens (tertiary/aromatic N) is 1. The average molecular weight is 556 g/mol. The minimum Gasteiger partial charge on any atom is -0.314 e. The summed E-state index contributed by atoms with van der Waals surface area (Å²) >= 11 is 0. The van der Waals surface area contributed by atoms with Crippen molar-refractivity contribution in [2.75, 3.05) is 4.90 Å². The molecular formula is C42H37N. The maximum Gasteiger partial charge on any atom is 0.0496 e. The highest BCUT2D eigenvalue weighted by Crippen LogP contribution is 2.45. The smallest absolute Gasteiger partial charge is 0.0496 e. The van der Waals surface area contributed by atoms with E-state index in [1.165, 1.54) is 56.1 Å². The van der Waals surface area contributed by atoms with Crippen LogP contribution in [0.5, 0.6) is 0 Å². The highest BCUT2D eigenvalue weighted by Gasteiger charge is 2.31. The molecular weight excluding hydrogens is 518 g/mol. The minimum atomic E-state index is 0.375. The van der Waals surface area contributed by atoms with Gasteiger partial charge in [0.2, 0.25) is 0 Å². The first-order valence-corrected chi connectivity index (χ1v) is 15.9. The third-order valence-electron chi connectivity index (χ3n) is 9.82. The Morgan fingerprint density at radius 1 is 0.651 bits per heavy atom. The fourth-order valence-electron chi connectivity index (χ4n) is 7.53. The number of anilines is 1. The first kappa shape index (κ1) is 26.0. The molecule has 8 rings (SSSR count). The van der Waals surface area contributed by atoms with Crippen molar-refractivity contribution in [1.29, 1.82) is 0 Å². The predicted octanol–water partition coefficient (Wildman–Crippen LogP) is 10.7. The molecule has 1 nitrogen and oxygen atoms in total. The summed E-state index contributed by atoms with van der Waals surface area (Å²) in [7, 11) is 0. The lowest BCUT2D eigenvalue weighted by molar-refractivity contribution is 0.727. The van der Waals surface area contributed by atoms with Crippen LogP contribution < -0.4 is 4.90 Å². The highest BCUT2D eigenvalue weighted by atomic mass is 15.2. The zero-order valence-corrected chi connectivity index (χ0v) is 24.6. The second-order valence-corrected chi connectivity index (χ2v) is 12.3. The largest absolute Gasteiger partial charge is 0.314 e. The van der Waals surface area contributed by atoms with E-state index in [0.717, 1.165) is 32.1 Å². The molecule has 6 aliphatic rings. The Morgan fingerprint density at radius 3 is 2.40 bits per heavy atom. The van der Waals surface area contributed by atoms with Gasteiger partial charge in [0.1, 0.15) is 0 Å². The first-order valence-electron chi connectivity index (χ1n) is 15.9. The summed E-state index contributed by atoms with van der Waals surface area (Å²) in [6.07, 6.45) is 42.2. The molecule has 0 saturated heterocycles. The molecule has 0 amide bonds. The Kier molecular flexibility index (Phi) is 6.80. The second kappa shape index (κ2) is 11.2. The van der Waals surface area contributed by atoms with E-state index in [9.17, 15) is 0 Å². The lowest BCUT2D eigenvalue weighted by Crippen LogP contribution is -2.29. The highest BCUT2D eigenvalue weighted by molar-refractivity contribution is 5.70. The normalized spacial score (nSPS) is 24.9. The fraction of sp³-hybridized carbons (Fsp3) is 0.190. The zero-order chi connectivity index (χ0) is 28.6.